The van der Waals surface area contributed by atoms with Crippen molar-refractivity contribution in [3.63, 3.8) is 0 Å². The largest absolute Gasteiger partial charge is 0.366 e. The zero-order chi connectivity index (χ0) is 19.8. The van der Waals surface area contributed by atoms with Gasteiger partial charge in [0.2, 0.25) is 5.91 Å². The molecule has 0 aliphatic heterocycles. The maximum atomic E-state index is 11.3. The summed E-state index contributed by atoms with van der Waals surface area (Å²) in [6.07, 6.45) is 7.12. The van der Waals surface area contributed by atoms with Crippen molar-refractivity contribution >= 4 is 17.0 Å². The molecule has 0 fully saturated rings. The van der Waals surface area contributed by atoms with E-state index in [1.165, 1.54) is 0 Å². The standard InChI is InChI=1S/C21H16N6O/c1-13(21(23)28)14-3-5-15(6-4-14)19-7-16(18-10-24-26(2)11-18)12-27-20(19)17(8-22)9-25-27/h3-7,9-12H,1H2,2H3,(H2,23,28). The van der Waals surface area contributed by atoms with Gasteiger partial charge in [0.05, 0.1) is 23.5 Å². The Morgan fingerprint density at radius 1 is 1.11 bits per heavy atom. The van der Waals surface area contributed by atoms with Crippen LogP contribution in [0.3, 0.4) is 0 Å². The van der Waals surface area contributed by atoms with Crippen LogP contribution in [0.15, 0.2) is 61.7 Å². The Bertz CT molecular complexity index is 1270. The molecule has 0 saturated heterocycles. The second kappa shape index (κ2) is 6.52. The van der Waals surface area contributed by atoms with Crippen molar-refractivity contribution < 1.29 is 4.79 Å². The second-order valence-electron chi connectivity index (χ2n) is 6.43. The van der Waals surface area contributed by atoms with Crippen molar-refractivity contribution in [2.45, 2.75) is 0 Å². The van der Waals surface area contributed by atoms with Crippen molar-refractivity contribution in [2.75, 3.05) is 0 Å². The number of aromatic nitrogens is 4. The van der Waals surface area contributed by atoms with Gasteiger partial charge >= 0.3 is 0 Å². The molecule has 0 aliphatic rings. The van der Waals surface area contributed by atoms with E-state index in [1.807, 2.05) is 37.6 Å². The number of carbonyl (C=O) groups excluding carboxylic acids is 1. The highest BCUT2D eigenvalue weighted by atomic mass is 16.1. The number of amides is 1. The van der Waals surface area contributed by atoms with E-state index >= 15 is 0 Å². The fraction of sp³-hybridized carbons (Fsp3) is 0.0476. The molecule has 7 nitrogen and oxygen atoms in total. The summed E-state index contributed by atoms with van der Waals surface area (Å²) >= 11 is 0. The molecule has 0 bridgehead atoms. The SMILES string of the molecule is C=C(C(N)=O)c1ccc(-c2cc(-c3cnn(C)c3)cn3ncc(C#N)c23)cc1. The molecule has 0 aliphatic carbocycles. The van der Waals surface area contributed by atoms with Gasteiger partial charge in [-0.1, -0.05) is 30.8 Å². The van der Waals surface area contributed by atoms with Gasteiger partial charge in [0, 0.05) is 41.7 Å². The van der Waals surface area contributed by atoms with E-state index in [2.05, 4.69) is 22.8 Å². The summed E-state index contributed by atoms with van der Waals surface area (Å²) in [6.45, 7) is 3.71. The lowest BCUT2D eigenvalue weighted by Crippen LogP contribution is -2.11. The van der Waals surface area contributed by atoms with Crippen LogP contribution < -0.4 is 5.73 Å². The third kappa shape index (κ3) is 2.83. The van der Waals surface area contributed by atoms with E-state index in [-0.39, 0.29) is 5.57 Å². The third-order valence-corrected chi connectivity index (χ3v) is 4.61. The van der Waals surface area contributed by atoms with E-state index in [0.29, 0.717) is 11.1 Å². The molecule has 0 spiro atoms. The summed E-state index contributed by atoms with van der Waals surface area (Å²) in [5, 5.41) is 18.0. The molecule has 0 atom stereocenters. The quantitative estimate of drug-likeness (QED) is 0.560. The number of nitrogens with two attached hydrogens (primary N) is 1. The number of fused-ring (bicyclic) bond motifs is 1. The van der Waals surface area contributed by atoms with Gasteiger partial charge in [0.25, 0.3) is 0 Å². The maximum Gasteiger partial charge on any atom is 0.248 e. The first kappa shape index (κ1) is 17.2. The van der Waals surface area contributed by atoms with Crippen LogP contribution >= 0.6 is 0 Å². The van der Waals surface area contributed by atoms with Crippen LogP contribution in [0.4, 0.5) is 0 Å². The van der Waals surface area contributed by atoms with Crippen molar-refractivity contribution in [1.82, 2.24) is 19.4 Å². The van der Waals surface area contributed by atoms with E-state index in [9.17, 15) is 10.1 Å². The summed E-state index contributed by atoms with van der Waals surface area (Å²) in [6, 6.07) is 11.5. The molecular weight excluding hydrogens is 352 g/mol. The molecule has 0 saturated carbocycles. The molecule has 1 amide bonds. The van der Waals surface area contributed by atoms with Crippen molar-refractivity contribution in [2.24, 2.45) is 12.8 Å². The number of benzene rings is 1. The van der Waals surface area contributed by atoms with Crippen LogP contribution in [-0.2, 0) is 11.8 Å². The monoisotopic (exact) mass is 368 g/mol. The zero-order valence-corrected chi connectivity index (χ0v) is 15.1. The number of pyridine rings is 1. The van der Waals surface area contributed by atoms with Crippen molar-refractivity contribution in [3.8, 4) is 28.3 Å². The molecule has 4 aromatic rings. The fourth-order valence-electron chi connectivity index (χ4n) is 3.14. The van der Waals surface area contributed by atoms with Gasteiger partial charge in [-0.3, -0.25) is 9.48 Å². The summed E-state index contributed by atoms with van der Waals surface area (Å²) in [7, 11) is 1.86. The Labute approximate surface area is 160 Å². The predicted octanol–water partition coefficient (Wildman–Crippen LogP) is 2.77. The lowest BCUT2D eigenvalue weighted by atomic mass is 9.97. The van der Waals surface area contributed by atoms with Crippen LogP contribution in [0.2, 0.25) is 0 Å². The van der Waals surface area contributed by atoms with E-state index in [4.69, 9.17) is 5.73 Å². The number of hydrogen-bond donors (Lipinski definition) is 1. The summed E-state index contributed by atoms with van der Waals surface area (Å²) in [4.78, 5) is 11.3. The molecule has 1 aromatic carbocycles. The molecule has 28 heavy (non-hydrogen) atoms. The number of carbonyl (C=O) groups is 1. The Balaban J connectivity index is 1.91. The number of rotatable bonds is 4. The zero-order valence-electron chi connectivity index (χ0n) is 15.1. The summed E-state index contributed by atoms with van der Waals surface area (Å²) < 4.78 is 3.43. The van der Waals surface area contributed by atoms with E-state index in [1.54, 1.807) is 33.7 Å². The number of nitrogens with zero attached hydrogens (tertiary/aromatic N) is 5. The van der Waals surface area contributed by atoms with Gasteiger partial charge in [0.15, 0.2) is 0 Å². The Morgan fingerprint density at radius 2 is 1.86 bits per heavy atom. The van der Waals surface area contributed by atoms with E-state index in [0.717, 1.165) is 27.8 Å². The maximum absolute atomic E-state index is 11.3. The topological polar surface area (TPSA) is 102 Å². The molecule has 3 heterocycles. The van der Waals surface area contributed by atoms with Gasteiger partial charge in [-0.15, -0.1) is 0 Å². The molecule has 0 radical (unpaired) electrons. The highest BCUT2D eigenvalue weighted by Crippen LogP contribution is 2.32. The van der Waals surface area contributed by atoms with Gasteiger partial charge in [-0.05, 0) is 17.2 Å². The molecule has 136 valence electrons. The average molecular weight is 368 g/mol. The minimum Gasteiger partial charge on any atom is -0.366 e. The minimum atomic E-state index is -0.559. The Hall–Kier alpha value is -4.18. The highest BCUT2D eigenvalue weighted by molar-refractivity contribution is 6.17. The fourth-order valence-corrected chi connectivity index (χ4v) is 3.14. The average Bonchev–Trinajstić information content (AvgIpc) is 3.32. The second-order valence-corrected chi connectivity index (χ2v) is 6.43. The molecule has 2 N–H and O–H groups in total. The van der Waals surface area contributed by atoms with Crippen molar-refractivity contribution in [1.29, 1.82) is 5.26 Å². The van der Waals surface area contributed by atoms with Gasteiger partial charge in [-0.2, -0.15) is 15.5 Å². The minimum absolute atomic E-state index is 0.253. The number of primary amides is 1. The Kier molecular flexibility index (Phi) is 4.02. The first-order valence-electron chi connectivity index (χ1n) is 8.48. The molecule has 0 unspecified atom stereocenters. The summed E-state index contributed by atoms with van der Waals surface area (Å²) in [5.41, 5.74) is 11.0. The van der Waals surface area contributed by atoms with Crippen LogP contribution in [0.5, 0.6) is 0 Å². The van der Waals surface area contributed by atoms with Crippen molar-refractivity contribution in [3.05, 3.63) is 72.8 Å². The molecule has 3 aromatic heterocycles. The normalized spacial score (nSPS) is 10.7. The van der Waals surface area contributed by atoms with Crippen LogP contribution in [0.1, 0.15) is 11.1 Å². The van der Waals surface area contributed by atoms with Gasteiger partial charge in [-0.25, -0.2) is 4.52 Å². The van der Waals surface area contributed by atoms with Crippen LogP contribution in [0, 0.1) is 11.3 Å². The third-order valence-electron chi connectivity index (χ3n) is 4.61. The number of aryl methyl sites for hydroxylation is 1. The molecule has 7 heteroatoms. The predicted molar refractivity (Wildman–Crippen MR) is 106 cm³/mol. The highest BCUT2D eigenvalue weighted by Gasteiger charge is 2.15. The van der Waals surface area contributed by atoms with Crippen LogP contribution in [-0.4, -0.2) is 25.3 Å². The summed E-state index contributed by atoms with van der Waals surface area (Å²) in [5.74, 6) is -0.559. The smallest absolute Gasteiger partial charge is 0.248 e. The van der Waals surface area contributed by atoms with Gasteiger partial charge in [0.1, 0.15) is 6.07 Å². The molecular formula is C21H16N6O. The van der Waals surface area contributed by atoms with E-state index < -0.39 is 5.91 Å². The number of nitriles is 1. The lowest BCUT2D eigenvalue weighted by molar-refractivity contribution is -0.112. The first-order chi connectivity index (χ1) is 13.5. The Morgan fingerprint density at radius 3 is 2.46 bits per heavy atom. The first-order valence-corrected chi connectivity index (χ1v) is 8.48. The van der Waals surface area contributed by atoms with Gasteiger partial charge < -0.3 is 5.73 Å². The van der Waals surface area contributed by atoms with Crippen LogP contribution in [0.25, 0.3) is 33.3 Å². The number of hydrogen-bond acceptors (Lipinski definition) is 4. The molecule has 4 rings (SSSR count). The lowest BCUT2D eigenvalue weighted by Gasteiger charge is -2.10.